The van der Waals surface area contributed by atoms with Crippen molar-refractivity contribution < 1.29 is 23.8 Å². The van der Waals surface area contributed by atoms with Crippen molar-refractivity contribution >= 4 is 11.9 Å². The molecule has 1 aromatic carbocycles. The molecule has 2 rings (SSSR count). The summed E-state index contributed by atoms with van der Waals surface area (Å²) in [7, 11) is 0. The van der Waals surface area contributed by atoms with Crippen LogP contribution in [0.4, 0.5) is 4.39 Å². The number of aliphatic hydroxyl groups excluding tert-OH is 1. The van der Waals surface area contributed by atoms with E-state index in [0.717, 1.165) is 5.56 Å². The van der Waals surface area contributed by atoms with Gasteiger partial charge in [0.2, 0.25) is 5.91 Å². The molecular formula is C19H26FNO4. The molecule has 2 atom stereocenters. The maximum absolute atomic E-state index is 13.5. The van der Waals surface area contributed by atoms with Gasteiger partial charge in [0.15, 0.2) is 0 Å². The maximum Gasteiger partial charge on any atom is 0.305 e. The predicted molar refractivity (Wildman–Crippen MR) is 91.4 cm³/mol. The van der Waals surface area contributed by atoms with Gasteiger partial charge in [0.25, 0.3) is 0 Å². The molecule has 0 saturated carbocycles. The van der Waals surface area contributed by atoms with E-state index >= 15 is 0 Å². The van der Waals surface area contributed by atoms with Crippen LogP contribution in [0.25, 0.3) is 0 Å². The number of aliphatic hydroxyl groups is 1. The molecule has 1 aliphatic heterocycles. The first-order chi connectivity index (χ1) is 12.0. The highest BCUT2D eigenvalue weighted by atomic mass is 19.1. The number of amides is 1. The predicted octanol–water partition coefficient (Wildman–Crippen LogP) is 2.48. The second-order valence-electron chi connectivity index (χ2n) is 6.42. The molecule has 0 radical (unpaired) electrons. The number of likely N-dealkylation sites (tertiary alicyclic amines) is 1. The van der Waals surface area contributed by atoms with Crippen LogP contribution in [-0.4, -0.2) is 48.2 Å². The van der Waals surface area contributed by atoms with Crippen molar-refractivity contribution in [1.29, 1.82) is 0 Å². The molecule has 2 unspecified atom stereocenters. The number of unbranched alkanes of at least 4 members (excludes halogenated alkanes) is 1. The number of nitrogens with zero attached hydrogens (tertiary/aromatic N) is 1. The summed E-state index contributed by atoms with van der Waals surface area (Å²) in [5, 5.41) is 9.61. The van der Waals surface area contributed by atoms with Crippen LogP contribution in [0.5, 0.6) is 0 Å². The lowest BCUT2D eigenvalue weighted by Gasteiger charge is -2.17. The van der Waals surface area contributed by atoms with E-state index in [-0.39, 0.29) is 36.1 Å². The van der Waals surface area contributed by atoms with Crippen LogP contribution in [-0.2, 0) is 14.3 Å². The molecule has 0 bridgehead atoms. The molecule has 5 nitrogen and oxygen atoms in total. The van der Waals surface area contributed by atoms with Crippen molar-refractivity contribution in [1.82, 2.24) is 4.90 Å². The van der Waals surface area contributed by atoms with Gasteiger partial charge in [-0.25, -0.2) is 4.39 Å². The van der Waals surface area contributed by atoms with Gasteiger partial charge in [-0.3, -0.25) is 9.59 Å². The third-order valence-corrected chi connectivity index (χ3v) is 4.63. The Hall–Kier alpha value is -1.95. The summed E-state index contributed by atoms with van der Waals surface area (Å²) in [4.78, 5) is 25.4. The topological polar surface area (TPSA) is 66.8 Å². The molecule has 1 saturated heterocycles. The Morgan fingerprint density at radius 1 is 1.28 bits per heavy atom. The summed E-state index contributed by atoms with van der Waals surface area (Å²) < 4.78 is 18.3. The van der Waals surface area contributed by atoms with Gasteiger partial charge in [0, 0.05) is 44.4 Å². The fourth-order valence-electron chi connectivity index (χ4n) is 3.31. The normalized spacial score (nSPS) is 19.9. The molecule has 1 amide bonds. The molecule has 138 valence electrons. The van der Waals surface area contributed by atoms with Crippen LogP contribution in [0.15, 0.2) is 24.3 Å². The first-order valence-corrected chi connectivity index (χ1v) is 8.84. The van der Waals surface area contributed by atoms with Crippen LogP contribution in [0, 0.1) is 11.7 Å². The van der Waals surface area contributed by atoms with E-state index in [1.165, 1.54) is 12.1 Å². The lowest BCUT2D eigenvalue weighted by molar-refractivity contribution is -0.143. The van der Waals surface area contributed by atoms with Gasteiger partial charge in [0.05, 0.1) is 6.61 Å². The van der Waals surface area contributed by atoms with Crippen LogP contribution in [0.3, 0.4) is 0 Å². The largest absolute Gasteiger partial charge is 0.466 e. The summed E-state index contributed by atoms with van der Waals surface area (Å²) in [5.74, 6) is -0.656. The number of halogens is 1. The highest BCUT2D eigenvalue weighted by Gasteiger charge is 2.35. The molecule has 0 aromatic heterocycles. The van der Waals surface area contributed by atoms with E-state index in [2.05, 4.69) is 0 Å². The molecule has 1 N–H and O–H groups in total. The molecule has 1 aliphatic rings. The average molecular weight is 351 g/mol. The van der Waals surface area contributed by atoms with Crippen LogP contribution < -0.4 is 0 Å². The van der Waals surface area contributed by atoms with E-state index < -0.39 is 0 Å². The Bertz CT molecular complexity index is 593. The minimum absolute atomic E-state index is 0.0150. The number of hydrogen-bond donors (Lipinski definition) is 1. The van der Waals surface area contributed by atoms with Gasteiger partial charge >= 0.3 is 5.97 Å². The second-order valence-corrected chi connectivity index (χ2v) is 6.42. The highest BCUT2D eigenvalue weighted by Crippen LogP contribution is 2.33. The summed E-state index contributed by atoms with van der Waals surface area (Å²) in [5.41, 5.74) is 0.816. The first kappa shape index (κ1) is 19.4. The zero-order valence-electron chi connectivity index (χ0n) is 14.6. The Labute approximate surface area is 147 Å². The van der Waals surface area contributed by atoms with Gasteiger partial charge < -0.3 is 14.7 Å². The van der Waals surface area contributed by atoms with Crippen molar-refractivity contribution in [2.45, 2.75) is 38.5 Å². The fourth-order valence-corrected chi connectivity index (χ4v) is 3.31. The van der Waals surface area contributed by atoms with E-state index in [4.69, 9.17) is 4.74 Å². The summed E-state index contributed by atoms with van der Waals surface area (Å²) in [6.07, 6.45) is 1.94. The lowest BCUT2D eigenvalue weighted by atomic mass is 9.89. The number of carbonyl (C=O) groups excluding carboxylic acids is 2. The standard InChI is InChI=1S/C19H26FNO4/c1-2-25-19(24)9-4-3-8-18(23)21-11-15(13-22)17(12-21)14-6-5-7-16(20)10-14/h5-7,10,15,17,22H,2-4,8-9,11-13H2,1H3. The zero-order valence-corrected chi connectivity index (χ0v) is 14.6. The minimum Gasteiger partial charge on any atom is -0.466 e. The maximum atomic E-state index is 13.5. The number of esters is 1. The number of hydrogen-bond acceptors (Lipinski definition) is 4. The monoisotopic (exact) mass is 351 g/mol. The van der Waals surface area contributed by atoms with Crippen LogP contribution in [0.2, 0.25) is 0 Å². The highest BCUT2D eigenvalue weighted by molar-refractivity contribution is 5.76. The summed E-state index contributed by atoms with van der Waals surface area (Å²) in [6.45, 7) is 3.07. The zero-order chi connectivity index (χ0) is 18.2. The number of carbonyl (C=O) groups is 2. The van der Waals surface area contributed by atoms with Gasteiger partial charge in [-0.2, -0.15) is 0 Å². The molecule has 1 fully saturated rings. The van der Waals surface area contributed by atoms with E-state index in [1.807, 2.05) is 6.07 Å². The molecule has 0 spiro atoms. The Balaban J connectivity index is 1.84. The number of rotatable bonds is 8. The molecule has 6 heteroatoms. The van der Waals surface area contributed by atoms with Gasteiger partial charge in [-0.05, 0) is 37.5 Å². The van der Waals surface area contributed by atoms with Crippen molar-refractivity contribution in [3.8, 4) is 0 Å². The van der Waals surface area contributed by atoms with E-state index in [9.17, 15) is 19.1 Å². The van der Waals surface area contributed by atoms with Crippen molar-refractivity contribution in [3.05, 3.63) is 35.6 Å². The molecule has 1 heterocycles. The average Bonchev–Trinajstić information content (AvgIpc) is 3.03. The van der Waals surface area contributed by atoms with Crippen molar-refractivity contribution in [2.75, 3.05) is 26.3 Å². The summed E-state index contributed by atoms with van der Waals surface area (Å²) >= 11 is 0. The molecule has 25 heavy (non-hydrogen) atoms. The number of ether oxygens (including phenoxy) is 1. The smallest absolute Gasteiger partial charge is 0.305 e. The third kappa shape index (κ3) is 5.53. The van der Waals surface area contributed by atoms with E-state index in [1.54, 1.807) is 17.9 Å². The first-order valence-electron chi connectivity index (χ1n) is 8.84. The number of benzene rings is 1. The fraction of sp³-hybridized carbons (Fsp3) is 0.579. The Kier molecular flexibility index (Phi) is 7.37. The Morgan fingerprint density at radius 2 is 2.04 bits per heavy atom. The minimum atomic E-state index is -0.307. The summed E-state index contributed by atoms with van der Waals surface area (Å²) in [6, 6.07) is 6.35. The second kappa shape index (κ2) is 9.51. The SMILES string of the molecule is CCOC(=O)CCCCC(=O)N1CC(CO)C(c2cccc(F)c2)C1. The Morgan fingerprint density at radius 3 is 2.72 bits per heavy atom. The van der Waals surface area contributed by atoms with Crippen molar-refractivity contribution in [2.24, 2.45) is 5.92 Å². The molecule has 0 aliphatic carbocycles. The lowest BCUT2D eigenvalue weighted by Crippen LogP contribution is -2.29. The van der Waals surface area contributed by atoms with E-state index in [0.29, 0.717) is 45.4 Å². The van der Waals surface area contributed by atoms with Gasteiger partial charge in [-0.15, -0.1) is 0 Å². The van der Waals surface area contributed by atoms with Crippen LogP contribution in [0.1, 0.15) is 44.1 Å². The molecular weight excluding hydrogens is 325 g/mol. The van der Waals surface area contributed by atoms with Crippen LogP contribution >= 0.6 is 0 Å². The quantitative estimate of drug-likeness (QED) is 0.577. The van der Waals surface area contributed by atoms with Gasteiger partial charge in [0.1, 0.15) is 5.82 Å². The van der Waals surface area contributed by atoms with Gasteiger partial charge in [-0.1, -0.05) is 12.1 Å². The molecule has 1 aromatic rings. The van der Waals surface area contributed by atoms with Crippen molar-refractivity contribution in [3.63, 3.8) is 0 Å². The third-order valence-electron chi connectivity index (χ3n) is 4.63.